The number of imidazole rings is 1. The van der Waals surface area contributed by atoms with Crippen molar-refractivity contribution in [3.05, 3.63) is 101 Å². The maximum absolute atomic E-state index is 15.2. The van der Waals surface area contributed by atoms with E-state index in [1.54, 1.807) is 37.4 Å². The van der Waals surface area contributed by atoms with E-state index in [4.69, 9.17) is 9.84 Å². The first-order chi connectivity index (χ1) is 19.2. The number of nitrogens with one attached hydrogen (secondary N) is 2. The second-order valence-corrected chi connectivity index (χ2v) is 10.4. The van der Waals surface area contributed by atoms with Crippen LogP contribution in [0.15, 0.2) is 67.0 Å². The number of ether oxygens (including phenoxy) is 1. The third-order valence-electron chi connectivity index (χ3n) is 7.42. The summed E-state index contributed by atoms with van der Waals surface area (Å²) in [7, 11) is 0. The molecule has 1 aliphatic rings. The number of hydrogen-bond acceptors (Lipinski definition) is 4. The molecule has 1 atom stereocenters. The van der Waals surface area contributed by atoms with Crippen molar-refractivity contribution in [3.8, 4) is 22.9 Å². The van der Waals surface area contributed by atoms with Gasteiger partial charge >= 0.3 is 5.97 Å². The summed E-state index contributed by atoms with van der Waals surface area (Å²) in [4.78, 5) is 21.3. The number of aryl methyl sites for hydroxylation is 1. The third kappa shape index (κ3) is 4.84. The highest BCUT2D eigenvalue weighted by molar-refractivity contribution is 5.86. The van der Waals surface area contributed by atoms with E-state index < -0.39 is 23.2 Å². The number of carboxylic acids is 1. The van der Waals surface area contributed by atoms with Gasteiger partial charge in [0.25, 0.3) is 0 Å². The first-order valence-corrected chi connectivity index (χ1v) is 13.1. The molecule has 1 fully saturated rings. The van der Waals surface area contributed by atoms with Gasteiger partial charge in [-0.2, -0.15) is 0 Å². The quantitative estimate of drug-likeness (QED) is 0.164. The van der Waals surface area contributed by atoms with Crippen LogP contribution in [0.25, 0.3) is 22.3 Å². The second-order valence-electron chi connectivity index (χ2n) is 10.4. The predicted octanol–water partition coefficient (Wildman–Crippen LogP) is 6.78. The van der Waals surface area contributed by atoms with Gasteiger partial charge in [-0.1, -0.05) is 24.3 Å². The molecule has 1 aliphatic carbocycles. The average molecular weight is 544 g/mol. The number of nitrogens with zero attached hydrogens (tertiary/aromatic N) is 1. The molecule has 0 bridgehead atoms. The molecule has 7 nitrogen and oxygen atoms in total. The predicted molar refractivity (Wildman–Crippen MR) is 145 cm³/mol. The molecule has 204 valence electrons. The molecule has 2 heterocycles. The Hall–Kier alpha value is -4.50. The molecule has 2 aromatic heterocycles. The highest BCUT2D eigenvalue weighted by Crippen LogP contribution is 2.49. The standard InChI is InChI=1S/C31H27F2N3O4/c1-31(39,19-4-2-3-17(13-19)5-10-27(37)38)26-16-35-30(36-26)22-14-20(8-9-23(22)32)40-29-24(33)15-25-21(11-12-34-25)28(29)18-6-7-18/h2-4,8-9,11-16,18,34,39H,5-7,10H2,1H3,(H,35,36)(H,37,38). The van der Waals surface area contributed by atoms with Crippen LogP contribution in [0.2, 0.25) is 0 Å². The fraction of sp³-hybridized carbons (Fsp3) is 0.226. The number of carbonyl (C=O) groups is 1. The van der Waals surface area contributed by atoms with Crippen molar-refractivity contribution < 1.29 is 28.5 Å². The molecule has 3 aromatic carbocycles. The summed E-state index contributed by atoms with van der Waals surface area (Å²) in [5.74, 6) is -1.19. The molecule has 4 N–H and O–H groups in total. The normalized spacial score (nSPS) is 14.8. The number of benzene rings is 3. The van der Waals surface area contributed by atoms with Gasteiger partial charge in [0.1, 0.15) is 23.0 Å². The molecule has 0 saturated heterocycles. The maximum atomic E-state index is 15.2. The summed E-state index contributed by atoms with van der Waals surface area (Å²) >= 11 is 0. The third-order valence-corrected chi connectivity index (χ3v) is 7.42. The van der Waals surface area contributed by atoms with Crippen LogP contribution in [0.5, 0.6) is 11.5 Å². The Balaban J connectivity index is 1.30. The number of aromatic nitrogens is 3. The number of rotatable bonds is 9. The van der Waals surface area contributed by atoms with E-state index in [9.17, 15) is 14.3 Å². The molecular weight excluding hydrogens is 516 g/mol. The summed E-state index contributed by atoms with van der Waals surface area (Å²) in [6.07, 6.45) is 5.40. The van der Waals surface area contributed by atoms with Crippen molar-refractivity contribution in [3.63, 3.8) is 0 Å². The maximum Gasteiger partial charge on any atom is 0.303 e. The second kappa shape index (κ2) is 9.91. The molecule has 0 radical (unpaired) electrons. The molecule has 9 heteroatoms. The largest absolute Gasteiger partial charge is 0.481 e. The van der Waals surface area contributed by atoms with Crippen LogP contribution in [-0.2, 0) is 16.8 Å². The van der Waals surface area contributed by atoms with E-state index >= 15 is 4.39 Å². The van der Waals surface area contributed by atoms with E-state index in [0.29, 0.717) is 23.2 Å². The van der Waals surface area contributed by atoms with Crippen LogP contribution in [0.3, 0.4) is 0 Å². The zero-order valence-electron chi connectivity index (χ0n) is 21.7. The monoisotopic (exact) mass is 543 g/mol. The minimum atomic E-state index is -1.51. The highest BCUT2D eigenvalue weighted by Gasteiger charge is 2.32. The molecule has 1 unspecified atom stereocenters. The summed E-state index contributed by atoms with van der Waals surface area (Å²) in [5.41, 5.74) is 1.73. The smallest absolute Gasteiger partial charge is 0.303 e. The molecule has 1 saturated carbocycles. The first kappa shape index (κ1) is 25.8. The Bertz CT molecular complexity index is 1740. The number of fused-ring (bicyclic) bond motifs is 1. The van der Waals surface area contributed by atoms with Crippen LogP contribution in [-0.4, -0.2) is 31.1 Å². The number of H-pyrrole nitrogens is 2. The van der Waals surface area contributed by atoms with Gasteiger partial charge in [-0.3, -0.25) is 4.79 Å². The minimum Gasteiger partial charge on any atom is -0.481 e. The molecule has 6 rings (SSSR count). The molecular formula is C31H27F2N3O4. The Labute approximate surface area is 228 Å². The van der Waals surface area contributed by atoms with Gasteiger partial charge < -0.3 is 24.9 Å². The zero-order chi connectivity index (χ0) is 28.0. The molecule has 0 amide bonds. The van der Waals surface area contributed by atoms with Gasteiger partial charge in [-0.15, -0.1) is 0 Å². The average Bonchev–Trinajstić information content (AvgIpc) is 3.44. The molecule has 5 aromatic rings. The number of aromatic amines is 2. The molecule has 40 heavy (non-hydrogen) atoms. The van der Waals surface area contributed by atoms with Crippen molar-refractivity contribution in [2.45, 2.75) is 44.1 Å². The van der Waals surface area contributed by atoms with Gasteiger partial charge in [0.2, 0.25) is 0 Å². The van der Waals surface area contributed by atoms with E-state index in [1.807, 2.05) is 6.07 Å². The van der Waals surface area contributed by atoms with Crippen LogP contribution in [0.1, 0.15) is 54.5 Å². The number of carboxylic acid groups (broad SMARTS) is 1. The van der Waals surface area contributed by atoms with Gasteiger partial charge in [-0.05, 0) is 67.5 Å². The molecule has 0 spiro atoms. The number of aliphatic hydroxyl groups is 1. The van der Waals surface area contributed by atoms with E-state index in [2.05, 4.69) is 15.0 Å². The zero-order valence-corrected chi connectivity index (χ0v) is 21.7. The number of hydrogen-bond donors (Lipinski definition) is 4. The van der Waals surface area contributed by atoms with Gasteiger partial charge in [0.15, 0.2) is 11.6 Å². The number of aliphatic carboxylic acids is 1. The van der Waals surface area contributed by atoms with Crippen molar-refractivity contribution in [1.82, 2.24) is 15.0 Å². The summed E-state index contributed by atoms with van der Waals surface area (Å²) in [6.45, 7) is 1.58. The lowest BCUT2D eigenvalue weighted by Gasteiger charge is -2.23. The lowest BCUT2D eigenvalue weighted by molar-refractivity contribution is -0.136. The van der Waals surface area contributed by atoms with Crippen molar-refractivity contribution >= 4 is 16.9 Å². The first-order valence-electron chi connectivity index (χ1n) is 13.1. The van der Waals surface area contributed by atoms with Crippen molar-refractivity contribution in [1.29, 1.82) is 0 Å². The van der Waals surface area contributed by atoms with Crippen LogP contribution in [0, 0.1) is 11.6 Å². The topological polar surface area (TPSA) is 111 Å². The van der Waals surface area contributed by atoms with E-state index in [1.165, 1.54) is 30.5 Å². The van der Waals surface area contributed by atoms with Crippen molar-refractivity contribution in [2.75, 3.05) is 0 Å². The summed E-state index contributed by atoms with van der Waals surface area (Å²) in [5, 5.41) is 21.3. The van der Waals surface area contributed by atoms with E-state index in [0.717, 1.165) is 29.4 Å². The minimum absolute atomic E-state index is 0.0252. The lowest BCUT2D eigenvalue weighted by Crippen LogP contribution is -2.23. The highest BCUT2D eigenvalue weighted by atomic mass is 19.1. The van der Waals surface area contributed by atoms with Gasteiger partial charge in [-0.25, -0.2) is 13.8 Å². The Morgan fingerprint density at radius 1 is 1.12 bits per heavy atom. The van der Waals surface area contributed by atoms with Crippen molar-refractivity contribution in [2.24, 2.45) is 0 Å². The summed E-state index contributed by atoms with van der Waals surface area (Å²) in [6, 6.07) is 14.5. The van der Waals surface area contributed by atoms with Crippen LogP contribution >= 0.6 is 0 Å². The van der Waals surface area contributed by atoms with Gasteiger partial charge in [0, 0.05) is 35.2 Å². The molecule has 0 aliphatic heterocycles. The van der Waals surface area contributed by atoms with Gasteiger partial charge in [0.05, 0.1) is 17.5 Å². The number of halogens is 2. The SMILES string of the molecule is CC(O)(c1cccc(CCC(=O)O)c1)c1cnc(-c2cc(Oc3c(F)cc4[nH]ccc4c3C3CC3)ccc2F)[nH]1. The lowest BCUT2D eigenvalue weighted by atomic mass is 9.91. The van der Waals surface area contributed by atoms with Crippen LogP contribution < -0.4 is 4.74 Å². The fourth-order valence-electron chi connectivity index (χ4n) is 5.07. The Morgan fingerprint density at radius 3 is 2.73 bits per heavy atom. The Morgan fingerprint density at radius 2 is 1.95 bits per heavy atom. The Kier molecular flexibility index (Phi) is 6.38. The van der Waals surface area contributed by atoms with E-state index in [-0.39, 0.29) is 35.2 Å². The fourth-order valence-corrected chi connectivity index (χ4v) is 5.07. The summed E-state index contributed by atoms with van der Waals surface area (Å²) < 4.78 is 36.2. The van der Waals surface area contributed by atoms with Crippen LogP contribution in [0.4, 0.5) is 8.78 Å².